The summed E-state index contributed by atoms with van der Waals surface area (Å²) in [5, 5.41) is 5.95. The lowest BCUT2D eigenvalue weighted by molar-refractivity contribution is -0.121. The fraction of sp³-hybridized carbons (Fsp3) is 0.238. The molecule has 0 saturated heterocycles. The fourth-order valence-electron chi connectivity index (χ4n) is 2.98. The van der Waals surface area contributed by atoms with Gasteiger partial charge in [0.05, 0.1) is 30.0 Å². The van der Waals surface area contributed by atoms with Crippen molar-refractivity contribution in [1.82, 2.24) is 15.1 Å². The van der Waals surface area contributed by atoms with E-state index in [1.165, 1.54) is 7.11 Å². The number of H-pyrrole nitrogens is 1. The van der Waals surface area contributed by atoms with E-state index in [0.717, 1.165) is 10.2 Å². The van der Waals surface area contributed by atoms with E-state index < -0.39 is 5.97 Å². The summed E-state index contributed by atoms with van der Waals surface area (Å²) in [7, 11) is 1.33. The van der Waals surface area contributed by atoms with E-state index in [1.807, 2.05) is 0 Å². The smallest absolute Gasteiger partial charge is 0.337 e. The normalized spacial score (nSPS) is 10.7. The number of nitrogens with zero attached hydrogens (tertiary/aromatic N) is 1. The van der Waals surface area contributed by atoms with Gasteiger partial charge in [-0.3, -0.25) is 19.5 Å². The third-order valence-corrected chi connectivity index (χ3v) is 4.56. The average Bonchev–Trinajstić information content (AvgIpc) is 2.75. The molecule has 0 aliphatic heterocycles. The van der Waals surface area contributed by atoms with Crippen LogP contribution in [0.2, 0.25) is 0 Å². The molecule has 3 rings (SSSR count). The van der Waals surface area contributed by atoms with Gasteiger partial charge in [-0.15, -0.1) is 0 Å². The zero-order valence-electron chi connectivity index (χ0n) is 15.9. The number of methoxy groups -OCH3 is 1. The highest BCUT2D eigenvalue weighted by atomic mass is 16.5. The number of carbonyl (C=O) groups excluding carboxylic acids is 2. The number of ether oxygens (including phenoxy) is 1. The minimum absolute atomic E-state index is 0.0649. The Kier molecular flexibility index (Phi) is 6.23. The van der Waals surface area contributed by atoms with Crippen LogP contribution in [-0.2, 0) is 22.5 Å². The van der Waals surface area contributed by atoms with E-state index in [9.17, 15) is 19.2 Å². The molecule has 0 aliphatic carbocycles. The fourth-order valence-corrected chi connectivity index (χ4v) is 2.98. The molecule has 0 spiro atoms. The predicted octanol–water partition coefficient (Wildman–Crippen LogP) is 1.23. The van der Waals surface area contributed by atoms with Crippen LogP contribution in [0.4, 0.5) is 0 Å². The van der Waals surface area contributed by atoms with Gasteiger partial charge in [0.1, 0.15) is 0 Å². The first-order chi connectivity index (χ1) is 14.0. The largest absolute Gasteiger partial charge is 0.465 e. The van der Waals surface area contributed by atoms with E-state index in [4.69, 9.17) is 0 Å². The van der Waals surface area contributed by atoms with Gasteiger partial charge >= 0.3 is 5.97 Å². The van der Waals surface area contributed by atoms with E-state index in [-0.39, 0.29) is 30.0 Å². The highest BCUT2D eigenvalue weighted by molar-refractivity contribution is 5.89. The van der Waals surface area contributed by atoms with E-state index in [2.05, 4.69) is 15.2 Å². The number of amides is 1. The molecule has 1 amide bonds. The molecule has 0 saturated carbocycles. The number of nitrogens with one attached hydrogen (secondary N) is 2. The molecule has 29 heavy (non-hydrogen) atoms. The van der Waals surface area contributed by atoms with Crippen LogP contribution in [0.3, 0.4) is 0 Å². The zero-order chi connectivity index (χ0) is 20.8. The number of rotatable bonds is 7. The predicted molar refractivity (Wildman–Crippen MR) is 108 cm³/mol. The topological polar surface area (TPSA) is 110 Å². The molecular weight excluding hydrogens is 374 g/mol. The van der Waals surface area contributed by atoms with Gasteiger partial charge < -0.3 is 10.1 Å². The van der Waals surface area contributed by atoms with Crippen LogP contribution in [0.15, 0.2) is 58.1 Å². The van der Waals surface area contributed by atoms with Gasteiger partial charge in [0.25, 0.3) is 11.1 Å². The highest BCUT2D eigenvalue weighted by Crippen LogP contribution is 2.06. The molecule has 2 N–H and O–H groups in total. The van der Waals surface area contributed by atoms with Gasteiger partial charge in [-0.1, -0.05) is 24.3 Å². The van der Waals surface area contributed by atoms with Crippen LogP contribution in [0, 0.1) is 0 Å². The van der Waals surface area contributed by atoms with E-state index in [1.54, 1.807) is 48.5 Å². The molecule has 3 aromatic rings. The summed E-state index contributed by atoms with van der Waals surface area (Å²) in [5.74, 6) is -0.621. The van der Waals surface area contributed by atoms with Crippen LogP contribution in [0.1, 0.15) is 22.3 Å². The number of fused-ring (bicyclic) bond motifs is 1. The molecule has 150 valence electrons. The number of hydrogen-bond acceptors (Lipinski definition) is 5. The molecule has 8 heteroatoms. The molecular formula is C21H21N3O5. The molecule has 0 radical (unpaired) electrons. The van der Waals surface area contributed by atoms with Crippen LogP contribution in [-0.4, -0.2) is 35.3 Å². The van der Waals surface area contributed by atoms with Crippen molar-refractivity contribution >= 4 is 22.6 Å². The maximum atomic E-state index is 12.4. The van der Waals surface area contributed by atoms with Crippen LogP contribution >= 0.6 is 0 Å². The molecule has 0 atom stereocenters. The average molecular weight is 395 g/mol. The molecule has 8 nitrogen and oxygen atoms in total. The van der Waals surface area contributed by atoms with E-state index >= 15 is 0 Å². The Morgan fingerprint density at radius 3 is 2.41 bits per heavy atom. The van der Waals surface area contributed by atoms with Crippen molar-refractivity contribution in [3.63, 3.8) is 0 Å². The number of aromatic amines is 1. The second-order valence-electron chi connectivity index (χ2n) is 6.48. The van der Waals surface area contributed by atoms with Crippen molar-refractivity contribution in [1.29, 1.82) is 0 Å². The molecule has 0 unspecified atom stereocenters. The lowest BCUT2D eigenvalue weighted by atomic mass is 10.1. The molecule has 0 bridgehead atoms. The molecule has 0 fully saturated rings. The Morgan fingerprint density at radius 2 is 1.72 bits per heavy atom. The minimum atomic E-state index is -0.396. The van der Waals surface area contributed by atoms with Gasteiger partial charge in [0.15, 0.2) is 0 Å². The highest BCUT2D eigenvalue weighted by Gasteiger charge is 2.09. The molecule has 2 aromatic carbocycles. The second-order valence-corrected chi connectivity index (χ2v) is 6.48. The van der Waals surface area contributed by atoms with Crippen molar-refractivity contribution in [3.8, 4) is 0 Å². The Bertz CT molecular complexity index is 1150. The Morgan fingerprint density at radius 1 is 1.03 bits per heavy atom. The van der Waals surface area contributed by atoms with Gasteiger partial charge in [0, 0.05) is 13.0 Å². The van der Waals surface area contributed by atoms with Crippen LogP contribution in [0.25, 0.3) is 10.8 Å². The lowest BCUT2D eigenvalue weighted by Gasteiger charge is -2.08. The Labute approximate surface area is 166 Å². The third kappa shape index (κ3) is 4.78. The van der Waals surface area contributed by atoms with Crippen molar-refractivity contribution in [2.45, 2.75) is 19.4 Å². The Balaban J connectivity index is 1.52. The number of carbonyl (C=O) groups is 2. The minimum Gasteiger partial charge on any atom is -0.465 e. The second kappa shape index (κ2) is 9.01. The summed E-state index contributed by atoms with van der Waals surface area (Å²) < 4.78 is 5.81. The first-order valence-electron chi connectivity index (χ1n) is 9.15. The number of aromatic nitrogens is 2. The van der Waals surface area contributed by atoms with Crippen LogP contribution < -0.4 is 16.4 Å². The van der Waals surface area contributed by atoms with Gasteiger partial charge in [-0.05, 0) is 36.2 Å². The van der Waals surface area contributed by atoms with Gasteiger partial charge in [0.2, 0.25) is 5.91 Å². The maximum absolute atomic E-state index is 12.4. The van der Waals surface area contributed by atoms with Crippen molar-refractivity contribution in [3.05, 3.63) is 80.4 Å². The molecule has 0 aliphatic rings. The summed E-state index contributed by atoms with van der Waals surface area (Å²) in [5.41, 5.74) is 0.734. The van der Waals surface area contributed by atoms with Gasteiger partial charge in [-0.25, -0.2) is 9.48 Å². The summed E-state index contributed by atoms with van der Waals surface area (Å²) >= 11 is 0. The van der Waals surface area contributed by atoms with Crippen LogP contribution in [0.5, 0.6) is 0 Å². The maximum Gasteiger partial charge on any atom is 0.337 e. The van der Waals surface area contributed by atoms with Gasteiger partial charge in [-0.2, -0.15) is 0 Å². The molecule has 1 aromatic heterocycles. The summed E-state index contributed by atoms with van der Waals surface area (Å²) in [6.07, 6.45) is 0.662. The number of esters is 1. The monoisotopic (exact) mass is 395 g/mol. The number of aryl methyl sites for hydroxylation is 1. The number of hydrogen-bond donors (Lipinski definition) is 2. The first kappa shape index (κ1) is 20.1. The summed E-state index contributed by atoms with van der Waals surface area (Å²) in [6, 6.07) is 13.5. The van der Waals surface area contributed by atoms with Crippen molar-refractivity contribution < 1.29 is 14.3 Å². The zero-order valence-corrected chi connectivity index (χ0v) is 15.9. The standard InChI is InChI=1S/C21H21N3O5/c1-29-21(28)15-8-6-14(7-9-15)10-12-22-18(25)11-13-24-20(27)17-5-3-2-4-16(17)19(26)23-24/h2-9H,10-13H2,1H3,(H,22,25)(H,23,26). The first-order valence-corrected chi connectivity index (χ1v) is 9.15. The molecule has 1 heterocycles. The number of benzene rings is 2. The lowest BCUT2D eigenvalue weighted by Crippen LogP contribution is -2.33. The quantitative estimate of drug-likeness (QED) is 0.585. The van der Waals surface area contributed by atoms with E-state index in [0.29, 0.717) is 29.3 Å². The van der Waals surface area contributed by atoms with Crippen molar-refractivity contribution in [2.75, 3.05) is 13.7 Å². The SMILES string of the molecule is COC(=O)c1ccc(CCNC(=O)CCn2[nH]c(=O)c3ccccc3c2=O)cc1. The summed E-state index contributed by atoms with van der Waals surface area (Å²) in [4.78, 5) is 48.0. The third-order valence-electron chi connectivity index (χ3n) is 4.56. The Hall–Kier alpha value is -3.68. The summed E-state index contributed by atoms with van der Waals surface area (Å²) in [6.45, 7) is 0.498. The van der Waals surface area contributed by atoms with Crippen molar-refractivity contribution in [2.24, 2.45) is 0 Å².